The van der Waals surface area contributed by atoms with Gasteiger partial charge in [-0.05, 0) is 24.6 Å². The molecule has 2 amide bonds. The summed E-state index contributed by atoms with van der Waals surface area (Å²) in [6, 6.07) is 7.03. The Hall–Kier alpha value is -1.84. The third-order valence-corrected chi connectivity index (χ3v) is 4.64. The minimum absolute atomic E-state index is 0.0231. The highest BCUT2D eigenvalue weighted by molar-refractivity contribution is 5.97. The first kappa shape index (κ1) is 22.2. The normalized spacial score (nSPS) is 10.5. The molecule has 1 aromatic rings. The standard InChI is InChI=1S/C22H36N2O2/c1-3-4-5-6-7-8-9-10-11-12-13-17-21(25)24-20-16-14-15-19(18-20)22(26)23-2/h14-16,18H,3-13,17H2,1-2H3,(H,23,26)(H,24,25). The molecule has 4 heteroatoms. The molecular weight excluding hydrogens is 324 g/mol. The first-order valence-electron chi connectivity index (χ1n) is 10.3. The van der Waals surface area contributed by atoms with Crippen LogP contribution in [0.3, 0.4) is 0 Å². The number of amides is 2. The Morgan fingerprint density at radius 3 is 2.00 bits per heavy atom. The Morgan fingerprint density at radius 2 is 1.42 bits per heavy atom. The van der Waals surface area contributed by atoms with E-state index >= 15 is 0 Å². The van der Waals surface area contributed by atoms with E-state index in [9.17, 15) is 9.59 Å². The van der Waals surface area contributed by atoms with Crippen molar-refractivity contribution in [1.29, 1.82) is 0 Å². The fourth-order valence-corrected chi connectivity index (χ4v) is 3.06. The molecule has 0 unspecified atom stereocenters. The molecule has 146 valence electrons. The summed E-state index contributed by atoms with van der Waals surface area (Å²) >= 11 is 0. The minimum Gasteiger partial charge on any atom is -0.355 e. The highest BCUT2D eigenvalue weighted by atomic mass is 16.2. The molecule has 0 saturated heterocycles. The van der Waals surface area contributed by atoms with Crippen LogP contribution in [0.25, 0.3) is 0 Å². The van der Waals surface area contributed by atoms with Crippen molar-refractivity contribution in [2.24, 2.45) is 0 Å². The molecule has 4 nitrogen and oxygen atoms in total. The summed E-state index contributed by atoms with van der Waals surface area (Å²) in [5.74, 6) is -0.124. The Balaban J connectivity index is 2.06. The summed E-state index contributed by atoms with van der Waals surface area (Å²) in [5, 5.41) is 5.46. The van der Waals surface area contributed by atoms with Gasteiger partial charge in [0.05, 0.1) is 0 Å². The van der Waals surface area contributed by atoms with Gasteiger partial charge in [-0.1, -0.05) is 77.2 Å². The van der Waals surface area contributed by atoms with E-state index in [1.165, 1.54) is 57.8 Å². The number of hydrogen-bond acceptors (Lipinski definition) is 2. The molecule has 0 heterocycles. The highest BCUT2D eigenvalue weighted by Crippen LogP contribution is 2.14. The largest absolute Gasteiger partial charge is 0.355 e. The van der Waals surface area contributed by atoms with Crippen molar-refractivity contribution in [3.63, 3.8) is 0 Å². The van der Waals surface area contributed by atoms with E-state index in [0.29, 0.717) is 17.7 Å². The molecule has 0 spiro atoms. The Morgan fingerprint density at radius 1 is 0.846 bits per heavy atom. The van der Waals surface area contributed by atoms with Crippen LogP contribution < -0.4 is 10.6 Å². The first-order chi connectivity index (χ1) is 12.7. The molecule has 0 bridgehead atoms. The fourth-order valence-electron chi connectivity index (χ4n) is 3.06. The van der Waals surface area contributed by atoms with Crippen molar-refractivity contribution in [3.05, 3.63) is 29.8 Å². The van der Waals surface area contributed by atoms with Crippen LogP contribution in [0.1, 0.15) is 94.3 Å². The quantitative estimate of drug-likeness (QED) is 0.419. The van der Waals surface area contributed by atoms with E-state index in [-0.39, 0.29) is 11.8 Å². The number of hydrogen-bond donors (Lipinski definition) is 2. The van der Waals surface area contributed by atoms with Gasteiger partial charge in [-0.3, -0.25) is 9.59 Å². The van der Waals surface area contributed by atoms with Crippen LogP contribution in [0.2, 0.25) is 0 Å². The van der Waals surface area contributed by atoms with Gasteiger partial charge in [0.1, 0.15) is 0 Å². The maximum atomic E-state index is 12.0. The lowest BCUT2D eigenvalue weighted by Gasteiger charge is -2.07. The summed E-state index contributed by atoms with van der Waals surface area (Å²) in [7, 11) is 1.60. The predicted molar refractivity (Wildman–Crippen MR) is 110 cm³/mol. The maximum absolute atomic E-state index is 12.0. The molecular formula is C22H36N2O2. The van der Waals surface area contributed by atoms with Gasteiger partial charge in [0.2, 0.25) is 5.91 Å². The van der Waals surface area contributed by atoms with Gasteiger partial charge in [0.25, 0.3) is 5.91 Å². The molecule has 0 aliphatic carbocycles. The van der Waals surface area contributed by atoms with Gasteiger partial charge in [-0.25, -0.2) is 0 Å². The molecule has 0 aliphatic heterocycles. The van der Waals surface area contributed by atoms with Crippen molar-refractivity contribution in [2.75, 3.05) is 12.4 Å². The van der Waals surface area contributed by atoms with Gasteiger partial charge >= 0.3 is 0 Å². The number of anilines is 1. The van der Waals surface area contributed by atoms with Gasteiger partial charge in [0, 0.05) is 24.7 Å². The monoisotopic (exact) mass is 360 g/mol. The molecule has 1 rings (SSSR count). The molecule has 0 radical (unpaired) electrons. The van der Waals surface area contributed by atoms with E-state index in [1.807, 2.05) is 6.07 Å². The SMILES string of the molecule is CCCCCCCCCCCCCC(=O)Nc1cccc(C(=O)NC)c1. The number of benzene rings is 1. The van der Waals surface area contributed by atoms with Crippen molar-refractivity contribution in [2.45, 2.75) is 84.0 Å². The number of nitrogens with one attached hydrogen (secondary N) is 2. The predicted octanol–water partition coefficient (Wildman–Crippen LogP) is 5.69. The third-order valence-electron chi connectivity index (χ3n) is 4.64. The third kappa shape index (κ3) is 10.2. The van der Waals surface area contributed by atoms with Crippen LogP contribution in [0.5, 0.6) is 0 Å². The molecule has 0 aliphatic rings. The Kier molecular flexibility index (Phi) is 12.2. The summed E-state index contributed by atoms with van der Waals surface area (Å²) in [6.07, 6.45) is 14.6. The number of carbonyl (C=O) groups is 2. The lowest BCUT2D eigenvalue weighted by Crippen LogP contribution is -2.18. The van der Waals surface area contributed by atoms with Crippen LogP contribution in [-0.4, -0.2) is 18.9 Å². The van der Waals surface area contributed by atoms with E-state index in [2.05, 4.69) is 17.6 Å². The fraction of sp³-hybridized carbons (Fsp3) is 0.636. The first-order valence-corrected chi connectivity index (χ1v) is 10.3. The maximum Gasteiger partial charge on any atom is 0.251 e. The molecule has 0 fully saturated rings. The summed E-state index contributed by atoms with van der Waals surface area (Å²) in [6.45, 7) is 2.25. The lowest BCUT2D eigenvalue weighted by atomic mass is 10.1. The zero-order valence-electron chi connectivity index (χ0n) is 16.6. The molecule has 2 N–H and O–H groups in total. The number of carbonyl (C=O) groups excluding carboxylic acids is 2. The lowest BCUT2D eigenvalue weighted by molar-refractivity contribution is -0.116. The molecule has 26 heavy (non-hydrogen) atoms. The minimum atomic E-state index is -0.147. The highest BCUT2D eigenvalue weighted by Gasteiger charge is 2.06. The summed E-state index contributed by atoms with van der Waals surface area (Å²) < 4.78 is 0. The second-order valence-corrected chi connectivity index (χ2v) is 6.99. The molecule has 0 saturated carbocycles. The topological polar surface area (TPSA) is 58.2 Å². The Bertz CT molecular complexity index is 529. The molecule has 0 aromatic heterocycles. The smallest absolute Gasteiger partial charge is 0.251 e. The number of rotatable bonds is 14. The van der Waals surface area contributed by atoms with E-state index in [1.54, 1.807) is 25.2 Å². The zero-order chi connectivity index (χ0) is 19.0. The van der Waals surface area contributed by atoms with Crippen molar-refractivity contribution < 1.29 is 9.59 Å². The average molecular weight is 361 g/mol. The van der Waals surface area contributed by atoms with E-state index in [0.717, 1.165) is 12.8 Å². The van der Waals surface area contributed by atoms with Crippen molar-refractivity contribution in [1.82, 2.24) is 5.32 Å². The zero-order valence-corrected chi connectivity index (χ0v) is 16.6. The number of unbranched alkanes of at least 4 members (excludes halogenated alkanes) is 10. The van der Waals surface area contributed by atoms with Gasteiger partial charge in [0.15, 0.2) is 0 Å². The second kappa shape index (κ2) is 14.3. The Labute approximate surface area is 159 Å². The van der Waals surface area contributed by atoms with Gasteiger partial charge in [-0.15, -0.1) is 0 Å². The van der Waals surface area contributed by atoms with Crippen LogP contribution in [0, 0.1) is 0 Å². The molecule has 1 aromatic carbocycles. The van der Waals surface area contributed by atoms with Crippen LogP contribution in [-0.2, 0) is 4.79 Å². The summed E-state index contributed by atoms with van der Waals surface area (Å²) in [4.78, 5) is 23.6. The summed E-state index contributed by atoms with van der Waals surface area (Å²) in [5.41, 5.74) is 1.24. The van der Waals surface area contributed by atoms with Crippen LogP contribution in [0.4, 0.5) is 5.69 Å². The van der Waals surface area contributed by atoms with Crippen molar-refractivity contribution in [3.8, 4) is 0 Å². The van der Waals surface area contributed by atoms with E-state index < -0.39 is 0 Å². The van der Waals surface area contributed by atoms with Gasteiger partial charge in [-0.2, -0.15) is 0 Å². The second-order valence-electron chi connectivity index (χ2n) is 6.99. The van der Waals surface area contributed by atoms with Gasteiger partial charge < -0.3 is 10.6 Å². The van der Waals surface area contributed by atoms with Crippen LogP contribution >= 0.6 is 0 Å². The van der Waals surface area contributed by atoms with E-state index in [4.69, 9.17) is 0 Å². The molecule has 0 atom stereocenters. The van der Waals surface area contributed by atoms with Crippen LogP contribution in [0.15, 0.2) is 24.3 Å². The van der Waals surface area contributed by atoms with Crippen molar-refractivity contribution >= 4 is 17.5 Å². The average Bonchev–Trinajstić information content (AvgIpc) is 2.65.